The monoisotopic (exact) mass is 437 g/mol. The normalized spacial score (nSPS) is 26.6. The number of ether oxygens (including phenoxy) is 1. The van der Waals surface area contributed by atoms with Gasteiger partial charge in [-0.3, -0.25) is 4.57 Å². The molecule has 2 bridgehead atoms. The van der Waals surface area contributed by atoms with Gasteiger partial charge in [0.2, 0.25) is 18.8 Å². The second-order valence-electron chi connectivity index (χ2n) is 8.11. The highest BCUT2D eigenvalue weighted by molar-refractivity contribution is 8.15. The van der Waals surface area contributed by atoms with E-state index in [0.717, 1.165) is 19.0 Å². The predicted octanol–water partition coefficient (Wildman–Crippen LogP) is 2.99. The van der Waals surface area contributed by atoms with Gasteiger partial charge in [0.15, 0.2) is 0 Å². The molecule has 3 N–H and O–H groups in total. The minimum Gasteiger partial charge on any atom is -0.494 e. The number of aliphatic hydroxyl groups excluding tert-OH is 1. The molecule has 2 aromatic carbocycles. The van der Waals surface area contributed by atoms with Crippen LogP contribution in [0.25, 0.3) is 16.5 Å². The molecule has 3 heterocycles. The Kier molecular flexibility index (Phi) is 4.27. The summed E-state index contributed by atoms with van der Waals surface area (Å²) >= 11 is 0.890. The Hall–Kier alpha value is -2.64. The predicted molar refractivity (Wildman–Crippen MR) is 117 cm³/mol. The van der Waals surface area contributed by atoms with Crippen molar-refractivity contribution in [3.05, 3.63) is 53.1 Å². The van der Waals surface area contributed by atoms with Gasteiger partial charge in [-0.15, -0.1) is 0 Å². The average molecular weight is 437 g/mol. The van der Waals surface area contributed by atoms with Crippen molar-refractivity contribution >= 4 is 29.8 Å². The summed E-state index contributed by atoms with van der Waals surface area (Å²) in [6.45, 7) is 1.94. The summed E-state index contributed by atoms with van der Waals surface area (Å²) in [5.41, 5.74) is -0.388. The van der Waals surface area contributed by atoms with Gasteiger partial charge < -0.3 is 24.2 Å². The van der Waals surface area contributed by atoms with Crippen LogP contribution in [0.2, 0.25) is 0 Å². The van der Waals surface area contributed by atoms with E-state index in [0.29, 0.717) is 39.6 Å². The molecule has 0 saturated carbocycles. The maximum Gasteiger partial charge on any atom is 0.209 e. The van der Waals surface area contributed by atoms with Crippen LogP contribution in [-0.4, -0.2) is 41.0 Å². The number of benzene rings is 2. The molecule has 2 aliphatic heterocycles. The van der Waals surface area contributed by atoms with Gasteiger partial charge in [0.05, 0.1) is 41.2 Å². The number of nitriles is 1. The van der Waals surface area contributed by atoms with Gasteiger partial charge in [0.1, 0.15) is 11.2 Å². The Labute approximate surface area is 185 Å². The van der Waals surface area contributed by atoms with E-state index in [1.165, 1.54) is 4.57 Å². The summed E-state index contributed by atoms with van der Waals surface area (Å²) in [6, 6.07) is 12.8. The molecule has 0 spiro atoms. The second-order valence-corrected chi connectivity index (χ2v) is 8.54. The maximum atomic E-state index is 11.4. The Bertz CT molecular complexity index is 1280. The Morgan fingerprint density at radius 3 is 2.77 bits per heavy atom. The first-order valence-electron chi connectivity index (χ1n) is 10.4. The molecule has 157 valence electrons. The minimum absolute atomic E-state index is 0.164. The maximum absolute atomic E-state index is 11.4. The van der Waals surface area contributed by atoms with Gasteiger partial charge in [0, 0.05) is 23.6 Å². The third kappa shape index (κ3) is 2.60. The van der Waals surface area contributed by atoms with E-state index < -0.39 is 17.3 Å². The Morgan fingerprint density at radius 1 is 1.29 bits per heavy atom. The summed E-state index contributed by atoms with van der Waals surface area (Å²) in [4.78, 5) is 0. The van der Waals surface area contributed by atoms with Crippen LogP contribution in [0.4, 0.5) is 0 Å². The van der Waals surface area contributed by atoms with Crippen molar-refractivity contribution in [2.45, 2.75) is 37.1 Å². The van der Waals surface area contributed by atoms with Gasteiger partial charge in [-0.2, -0.15) is 5.26 Å². The Morgan fingerprint density at radius 2 is 2.03 bits per heavy atom. The highest BCUT2D eigenvalue weighted by Crippen LogP contribution is 2.65. The topological polar surface area (TPSA) is 108 Å². The smallest absolute Gasteiger partial charge is 0.209 e. The molecule has 7 nitrogen and oxygen atoms in total. The molecule has 5 rings (SSSR count). The molecule has 0 amide bonds. The highest BCUT2D eigenvalue weighted by Gasteiger charge is 2.66. The van der Waals surface area contributed by atoms with Crippen molar-refractivity contribution in [3.63, 3.8) is 0 Å². The first kappa shape index (κ1) is 19.1. The average Bonchev–Trinajstić information content (AvgIpc) is 3.32. The minimum atomic E-state index is -1.18. The van der Waals surface area contributed by atoms with Gasteiger partial charge in [-0.25, -0.2) is 0 Å². The summed E-state index contributed by atoms with van der Waals surface area (Å²) < 4.78 is 20.0. The summed E-state index contributed by atoms with van der Waals surface area (Å²) in [5, 5.41) is 44.3. The largest absolute Gasteiger partial charge is 0.494 e. The van der Waals surface area contributed by atoms with Crippen molar-refractivity contribution < 1.29 is 24.2 Å². The van der Waals surface area contributed by atoms with E-state index in [2.05, 4.69) is 6.07 Å². The fraction of sp³-hybridized carbons (Fsp3) is 0.318. The molecule has 2 unspecified atom stereocenters. The third-order valence-corrected chi connectivity index (χ3v) is 6.86. The van der Waals surface area contributed by atoms with Crippen LogP contribution >= 0.6 is 11.9 Å². The zero-order valence-corrected chi connectivity index (χ0v) is 17.5. The molecule has 3 atom stereocenters. The van der Waals surface area contributed by atoms with Crippen molar-refractivity contribution in [3.8, 4) is 23.5 Å². The molecule has 1 radical (unpaired) electrons. The lowest BCUT2D eigenvalue weighted by molar-refractivity contribution is -0.107. The van der Waals surface area contributed by atoms with Crippen molar-refractivity contribution in [1.29, 1.82) is 6.60 Å². The quantitative estimate of drug-likeness (QED) is 0.309. The van der Waals surface area contributed by atoms with Crippen LogP contribution in [0.15, 0.2) is 36.4 Å². The fourth-order valence-corrected chi connectivity index (χ4v) is 5.36. The van der Waals surface area contributed by atoms with E-state index in [4.69, 9.17) is 10.3 Å². The molecule has 1 aromatic heterocycles. The van der Waals surface area contributed by atoms with E-state index in [-0.39, 0.29) is 24.8 Å². The number of aromatic nitrogens is 1. The molecule has 2 aliphatic rings. The van der Waals surface area contributed by atoms with Crippen molar-refractivity contribution in [2.24, 2.45) is 0 Å². The van der Waals surface area contributed by atoms with Crippen LogP contribution in [0.5, 0.6) is 11.8 Å². The van der Waals surface area contributed by atoms with Crippen LogP contribution in [-0.2, 0) is 20.1 Å². The number of aliphatic hydroxyl groups is 1. The van der Waals surface area contributed by atoms with E-state index in [1.807, 2.05) is 24.3 Å². The summed E-state index contributed by atoms with van der Waals surface area (Å²) in [7, 11) is 1.07. The van der Waals surface area contributed by atoms with E-state index in [1.54, 1.807) is 19.1 Å². The van der Waals surface area contributed by atoms with Crippen LogP contribution in [0.3, 0.4) is 0 Å². The number of fused-ring (bicyclic) bond motifs is 6. The van der Waals surface area contributed by atoms with Gasteiger partial charge >= 0.3 is 0 Å². The SMILES string of the molecule is [3H][B]SOCCC12C[C@H](O)C(C)(O1)c1c2c(O)n(-c2ccc(C#N)c3ccccc23)c1O. The molecular weight excluding hydrogens is 415 g/mol. The fourth-order valence-electron chi connectivity index (χ4n) is 5.18. The lowest BCUT2D eigenvalue weighted by Crippen LogP contribution is -2.33. The number of hydrogen-bond donors (Lipinski definition) is 3. The van der Waals surface area contributed by atoms with Crippen molar-refractivity contribution in [1.82, 2.24) is 4.57 Å². The molecule has 0 aliphatic carbocycles. The molecule has 9 heteroatoms. The first-order chi connectivity index (χ1) is 15.4. The number of nitrogens with zero attached hydrogens (tertiary/aromatic N) is 2. The number of hydrogen-bond acceptors (Lipinski definition) is 7. The summed E-state index contributed by atoms with van der Waals surface area (Å²) in [6.07, 6.45) is -0.289. The Balaban J connectivity index is 1.70. The molecule has 3 aromatic rings. The molecule has 1 saturated heterocycles. The zero-order valence-electron chi connectivity index (χ0n) is 17.7. The molecule has 31 heavy (non-hydrogen) atoms. The van der Waals surface area contributed by atoms with Crippen LogP contribution < -0.4 is 0 Å². The highest BCUT2D eigenvalue weighted by atomic mass is 32.2. The second kappa shape index (κ2) is 6.94. The van der Waals surface area contributed by atoms with E-state index in [9.17, 15) is 20.6 Å². The van der Waals surface area contributed by atoms with Crippen LogP contribution in [0, 0.1) is 11.3 Å². The molecule has 1 fully saturated rings. The first-order valence-corrected chi connectivity index (χ1v) is 10.6. The zero-order chi connectivity index (χ0) is 22.7. The van der Waals surface area contributed by atoms with Gasteiger partial charge in [0.25, 0.3) is 0 Å². The van der Waals surface area contributed by atoms with E-state index >= 15 is 0 Å². The molecular formula is C22H20BN2O5S. The lowest BCUT2D eigenvalue weighted by atomic mass is 9.76. The number of rotatable bonds is 6. The van der Waals surface area contributed by atoms with Crippen LogP contribution in [0.1, 0.15) is 36.5 Å². The summed E-state index contributed by atoms with van der Waals surface area (Å²) in [5.74, 6) is -0.368. The van der Waals surface area contributed by atoms with Crippen molar-refractivity contribution in [2.75, 3.05) is 6.61 Å². The van der Waals surface area contributed by atoms with Gasteiger partial charge in [-0.1, -0.05) is 36.2 Å². The lowest BCUT2D eigenvalue weighted by Gasteiger charge is -2.26. The third-order valence-electron chi connectivity index (χ3n) is 6.56. The van der Waals surface area contributed by atoms with Gasteiger partial charge in [-0.05, 0) is 20.4 Å². The number of aromatic hydroxyl groups is 2. The standard InChI is InChI=1S/C22H20BN2O5S/c1-21-16(26)10-22(30-21,8-9-29-31-23)18-17(21)19(27)25(20(18)28)15-7-6-12(11-24)13-4-2-3-5-14(13)15/h2-7,16,23,26-28H,8-10H2,1H3/t16-,21?,22?/m0/s1/i23T.